The first-order chi connectivity index (χ1) is 10.1. The number of hydrogen-bond acceptors (Lipinski definition) is 2. The minimum atomic E-state index is -0.325. The summed E-state index contributed by atoms with van der Waals surface area (Å²) in [6.45, 7) is 2.44. The second kappa shape index (κ2) is 5.09. The van der Waals surface area contributed by atoms with Gasteiger partial charge in [0.25, 0.3) is 0 Å². The van der Waals surface area contributed by atoms with E-state index >= 15 is 0 Å². The fourth-order valence-corrected chi connectivity index (χ4v) is 2.53. The summed E-state index contributed by atoms with van der Waals surface area (Å²) in [4.78, 5) is 13.7. The number of nitrogens with zero attached hydrogens (tertiary/aromatic N) is 1. The fraction of sp³-hybridized carbons (Fsp3) is 0.188. The molecule has 108 valence electrons. The molecule has 0 bridgehead atoms. The number of nitrogen functional groups attached to an aromatic ring is 1. The topological polar surface area (TPSA) is 58.4 Å². The van der Waals surface area contributed by atoms with E-state index in [1.807, 2.05) is 25.1 Å². The zero-order valence-corrected chi connectivity index (χ0v) is 11.6. The zero-order chi connectivity index (χ0) is 15.0. The third-order valence-electron chi connectivity index (χ3n) is 3.77. The van der Waals surface area contributed by atoms with Crippen LogP contribution in [0.5, 0.6) is 0 Å². The molecule has 1 fully saturated rings. The molecular formula is C16H16FN3O. The van der Waals surface area contributed by atoms with Gasteiger partial charge < -0.3 is 11.1 Å². The van der Waals surface area contributed by atoms with Crippen molar-refractivity contribution in [2.45, 2.75) is 13.0 Å². The van der Waals surface area contributed by atoms with E-state index in [2.05, 4.69) is 5.32 Å². The van der Waals surface area contributed by atoms with Crippen molar-refractivity contribution >= 4 is 17.4 Å². The van der Waals surface area contributed by atoms with E-state index < -0.39 is 0 Å². The lowest BCUT2D eigenvalue weighted by atomic mass is 10.0. The maximum absolute atomic E-state index is 13.1. The summed E-state index contributed by atoms with van der Waals surface area (Å²) in [6, 6.07) is 11.4. The first kappa shape index (κ1) is 13.4. The second-order valence-corrected chi connectivity index (χ2v) is 5.16. The molecule has 4 nitrogen and oxygen atoms in total. The number of carbonyl (C=O) groups excluding carboxylic acids is 1. The summed E-state index contributed by atoms with van der Waals surface area (Å²) in [5.41, 5.74) is 9.28. The van der Waals surface area contributed by atoms with Gasteiger partial charge in [-0.15, -0.1) is 0 Å². The Morgan fingerprint density at radius 2 is 1.95 bits per heavy atom. The van der Waals surface area contributed by atoms with Crippen LogP contribution in [-0.4, -0.2) is 12.6 Å². The molecule has 1 unspecified atom stereocenters. The van der Waals surface area contributed by atoms with E-state index in [0.717, 1.165) is 11.1 Å². The first-order valence-electron chi connectivity index (χ1n) is 6.75. The minimum Gasteiger partial charge on any atom is -0.399 e. The second-order valence-electron chi connectivity index (χ2n) is 5.16. The highest BCUT2D eigenvalue weighted by molar-refractivity contribution is 5.95. The van der Waals surface area contributed by atoms with Crippen molar-refractivity contribution in [2.75, 3.05) is 17.2 Å². The Labute approximate surface area is 122 Å². The van der Waals surface area contributed by atoms with Crippen molar-refractivity contribution in [1.82, 2.24) is 5.32 Å². The Balaban J connectivity index is 1.99. The molecule has 21 heavy (non-hydrogen) atoms. The van der Waals surface area contributed by atoms with Crippen LogP contribution >= 0.6 is 0 Å². The van der Waals surface area contributed by atoms with Crippen molar-refractivity contribution in [3.63, 3.8) is 0 Å². The molecule has 0 radical (unpaired) electrons. The van der Waals surface area contributed by atoms with Crippen LogP contribution in [0.15, 0.2) is 42.5 Å². The van der Waals surface area contributed by atoms with Crippen LogP contribution in [0.25, 0.3) is 0 Å². The standard InChI is InChI=1S/C16H16FN3O/c1-10-2-3-11(8-14(10)18)15-9-19-16(21)20(15)13-6-4-12(17)5-7-13/h2-8,15H,9,18H2,1H3,(H,19,21). The van der Waals surface area contributed by atoms with Crippen LogP contribution in [0.4, 0.5) is 20.6 Å². The molecule has 1 atom stereocenters. The van der Waals surface area contributed by atoms with Crippen LogP contribution in [-0.2, 0) is 0 Å². The molecule has 0 spiro atoms. The lowest BCUT2D eigenvalue weighted by Crippen LogP contribution is -2.29. The monoisotopic (exact) mass is 285 g/mol. The van der Waals surface area contributed by atoms with E-state index in [-0.39, 0.29) is 17.9 Å². The van der Waals surface area contributed by atoms with Gasteiger partial charge in [-0.1, -0.05) is 12.1 Å². The molecule has 0 aromatic heterocycles. The third-order valence-corrected chi connectivity index (χ3v) is 3.77. The van der Waals surface area contributed by atoms with Gasteiger partial charge in [-0.05, 0) is 48.4 Å². The third kappa shape index (κ3) is 2.42. The molecule has 2 aromatic carbocycles. The number of nitrogens with one attached hydrogen (secondary N) is 1. The highest BCUT2D eigenvalue weighted by atomic mass is 19.1. The molecule has 2 amide bonds. The number of hydrogen-bond donors (Lipinski definition) is 2. The van der Waals surface area contributed by atoms with E-state index in [0.29, 0.717) is 17.9 Å². The number of halogens is 1. The highest BCUT2D eigenvalue weighted by Gasteiger charge is 2.33. The van der Waals surface area contributed by atoms with Gasteiger partial charge in [0.2, 0.25) is 0 Å². The van der Waals surface area contributed by atoms with Crippen LogP contribution in [0.3, 0.4) is 0 Å². The molecule has 0 aliphatic carbocycles. The first-order valence-corrected chi connectivity index (χ1v) is 6.75. The van der Waals surface area contributed by atoms with E-state index in [1.54, 1.807) is 17.0 Å². The molecule has 1 saturated heterocycles. The Kier molecular flexibility index (Phi) is 3.25. The van der Waals surface area contributed by atoms with Crippen molar-refractivity contribution in [2.24, 2.45) is 0 Å². The Morgan fingerprint density at radius 3 is 2.62 bits per heavy atom. The maximum Gasteiger partial charge on any atom is 0.322 e. The molecule has 1 aliphatic heterocycles. The number of amides is 2. The molecule has 1 heterocycles. The number of carbonyl (C=O) groups is 1. The van der Waals surface area contributed by atoms with Gasteiger partial charge in [0.15, 0.2) is 0 Å². The van der Waals surface area contributed by atoms with Gasteiger partial charge in [-0.3, -0.25) is 4.90 Å². The lowest BCUT2D eigenvalue weighted by molar-refractivity contribution is 0.251. The summed E-state index contributed by atoms with van der Waals surface area (Å²) in [5, 5.41) is 2.82. The number of benzene rings is 2. The van der Waals surface area contributed by atoms with Crippen molar-refractivity contribution in [3.8, 4) is 0 Å². The van der Waals surface area contributed by atoms with Crippen LogP contribution in [0, 0.1) is 12.7 Å². The number of rotatable bonds is 2. The zero-order valence-electron chi connectivity index (χ0n) is 11.6. The van der Waals surface area contributed by atoms with Crippen LogP contribution in [0.2, 0.25) is 0 Å². The summed E-state index contributed by atoms with van der Waals surface area (Å²) in [5.74, 6) is -0.325. The van der Waals surface area contributed by atoms with Crippen LogP contribution in [0.1, 0.15) is 17.2 Å². The molecule has 3 N–H and O–H groups in total. The van der Waals surface area contributed by atoms with Gasteiger partial charge in [0, 0.05) is 17.9 Å². The Hall–Kier alpha value is -2.56. The maximum atomic E-state index is 13.1. The molecular weight excluding hydrogens is 269 g/mol. The largest absolute Gasteiger partial charge is 0.399 e. The van der Waals surface area contributed by atoms with E-state index in [1.165, 1.54) is 12.1 Å². The predicted octanol–water partition coefficient (Wildman–Crippen LogP) is 2.99. The molecule has 1 aliphatic rings. The van der Waals surface area contributed by atoms with Crippen LogP contribution < -0.4 is 16.0 Å². The summed E-state index contributed by atoms with van der Waals surface area (Å²) < 4.78 is 13.1. The van der Waals surface area contributed by atoms with Gasteiger partial charge in [0.05, 0.1) is 6.04 Å². The Bertz CT molecular complexity index is 684. The quantitative estimate of drug-likeness (QED) is 0.833. The smallest absolute Gasteiger partial charge is 0.322 e. The van der Waals surface area contributed by atoms with Gasteiger partial charge in [-0.2, -0.15) is 0 Å². The number of urea groups is 1. The van der Waals surface area contributed by atoms with Gasteiger partial charge >= 0.3 is 6.03 Å². The van der Waals surface area contributed by atoms with Gasteiger partial charge in [0.1, 0.15) is 5.82 Å². The summed E-state index contributed by atoms with van der Waals surface area (Å²) in [7, 11) is 0. The van der Waals surface area contributed by atoms with E-state index in [9.17, 15) is 9.18 Å². The SMILES string of the molecule is Cc1ccc(C2CNC(=O)N2c2ccc(F)cc2)cc1N. The van der Waals surface area contributed by atoms with Crippen molar-refractivity contribution < 1.29 is 9.18 Å². The minimum absolute atomic E-state index is 0.147. The molecule has 0 saturated carbocycles. The average molecular weight is 285 g/mol. The average Bonchev–Trinajstić information content (AvgIpc) is 2.85. The molecule has 5 heteroatoms. The summed E-state index contributed by atoms with van der Waals surface area (Å²) >= 11 is 0. The Morgan fingerprint density at radius 1 is 1.24 bits per heavy atom. The molecule has 2 aromatic rings. The van der Waals surface area contributed by atoms with E-state index in [4.69, 9.17) is 5.73 Å². The van der Waals surface area contributed by atoms with Crippen molar-refractivity contribution in [1.29, 1.82) is 0 Å². The fourth-order valence-electron chi connectivity index (χ4n) is 2.53. The lowest BCUT2D eigenvalue weighted by Gasteiger charge is -2.24. The van der Waals surface area contributed by atoms with Crippen molar-refractivity contribution in [3.05, 3.63) is 59.4 Å². The normalized spacial score (nSPS) is 17.9. The summed E-state index contributed by atoms with van der Waals surface area (Å²) in [6.07, 6.45) is 0. The number of nitrogens with two attached hydrogens (primary N) is 1. The number of aryl methyl sites for hydroxylation is 1. The predicted molar refractivity (Wildman–Crippen MR) is 80.6 cm³/mol. The highest BCUT2D eigenvalue weighted by Crippen LogP contribution is 2.31. The molecule has 3 rings (SSSR count). The number of anilines is 2. The van der Waals surface area contributed by atoms with Gasteiger partial charge in [-0.25, -0.2) is 9.18 Å².